The molecule has 0 heterocycles. The van der Waals surface area contributed by atoms with Crippen molar-refractivity contribution in [1.29, 1.82) is 5.26 Å². The van der Waals surface area contributed by atoms with E-state index in [4.69, 9.17) is 5.26 Å². The number of anilines is 1. The fourth-order valence-corrected chi connectivity index (χ4v) is 2.14. The maximum atomic E-state index is 13.5. The van der Waals surface area contributed by atoms with E-state index in [-0.39, 0.29) is 11.6 Å². The second kappa shape index (κ2) is 5.53. The van der Waals surface area contributed by atoms with Crippen LogP contribution in [0.15, 0.2) is 42.5 Å². The van der Waals surface area contributed by atoms with Crippen LogP contribution in [0.1, 0.15) is 29.7 Å². The van der Waals surface area contributed by atoms with Crippen LogP contribution >= 0.6 is 0 Å². The highest BCUT2D eigenvalue weighted by Gasteiger charge is 2.12. The minimum Gasteiger partial charge on any atom is -0.377 e. The molecule has 0 spiro atoms. The first-order valence-electron chi connectivity index (χ1n) is 6.14. The number of benzene rings is 2. The van der Waals surface area contributed by atoms with E-state index in [1.54, 1.807) is 12.1 Å². The van der Waals surface area contributed by atoms with E-state index in [9.17, 15) is 4.39 Å². The molecular formula is C16H15FN2. The Hall–Kier alpha value is -2.34. The second-order valence-corrected chi connectivity index (χ2v) is 4.50. The topological polar surface area (TPSA) is 35.8 Å². The minimum atomic E-state index is -0.496. The molecule has 0 aliphatic rings. The Morgan fingerprint density at radius 2 is 1.89 bits per heavy atom. The number of nitrogens with zero attached hydrogens (tertiary/aromatic N) is 1. The van der Waals surface area contributed by atoms with Gasteiger partial charge in [0.05, 0.1) is 5.69 Å². The Labute approximate surface area is 112 Å². The van der Waals surface area contributed by atoms with Gasteiger partial charge >= 0.3 is 0 Å². The molecule has 0 aromatic heterocycles. The van der Waals surface area contributed by atoms with Crippen LogP contribution in [-0.2, 0) is 0 Å². The lowest BCUT2D eigenvalue weighted by Crippen LogP contribution is -2.09. The molecule has 96 valence electrons. The van der Waals surface area contributed by atoms with Gasteiger partial charge in [-0.05, 0) is 37.1 Å². The molecule has 1 atom stereocenters. The van der Waals surface area contributed by atoms with Gasteiger partial charge in [-0.15, -0.1) is 0 Å². The molecule has 1 N–H and O–H groups in total. The summed E-state index contributed by atoms with van der Waals surface area (Å²) in [6.45, 7) is 4.03. The van der Waals surface area contributed by atoms with Crippen molar-refractivity contribution in [3.8, 4) is 6.07 Å². The van der Waals surface area contributed by atoms with Crippen molar-refractivity contribution in [2.75, 3.05) is 5.32 Å². The Bertz CT molecular complexity index is 629. The van der Waals surface area contributed by atoms with E-state index in [1.807, 2.05) is 44.2 Å². The standard InChI is InChI=1S/C16H15FN2/c1-11-6-3-4-7-13(11)12(2)19-16-9-5-8-15(17)14(16)10-18/h3-9,12,19H,1-2H3. The van der Waals surface area contributed by atoms with Gasteiger partial charge in [0.1, 0.15) is 17.4 Å². The van der Waals surface area contributed by atoms with Gasteiger partial charge in [-0.1, -0.05) is 30.3 Å². The molecule has 0 saturated carbocycles. The molecule has 3 heteroatoms. The second-order valence-electron chi connectivity index (χ2n) is 4.50. The summed E-state index contributed by atoms with van der Waals surface area (Å²) in [5, 5.41) is 12.2. The molecule has 2 nitrogen and oxygen atoms in total. The third kappa shape index (κ3) is 2.74. The molecule has 0 bridgehead atoms. The number of halogens is 1. The lowest BCUT2D eigenvalue weighted by atomic mass is 10.0. The first-order valence-corrected chi connectivity index (χ1v) is 6.14. The van der Waals surface area contributed by atoms with E-state index < -0.39 is 5.82 Å². The predicted octanol–water partition coefficient (Wildman–Crippen LogP) is 4.18. The zero-order chi connectivity index (χ0) is 13.8. The van der Waals surface area contributed by atoms with Crippen LogP contribution in [-0.4, -0.2) is 0 Å². The van der Waals surface area contributed by atoms with Crippen molar-refractivity contribution >= 4 is 5.69 Å². The molecule has 2 aromatic carbocycles. The quantitative estimate of drug-likeness (QED) is 0.891. The van der Waals surface area contributed by atoms with Gasteiger partial charge in [0.15, 0.2) is 0 Å². The van der Waals surface area contributed by atoms with Gasteiger partial charge in [0.25, 0.3) is 0 Å². The fraction of sp³-hybridized carbons (Fsp3) is 0.188. The zero-order valence-corrected chi connectivity index (χ0v) is 10.9. The first kappa shape index (κ1) is 13.1. The Morgan fingerprint density at radius 3 is 2.58 bits per heavy atom. The van der Waals surface area contributed by atoms with Crippen LogP contribution in [0.25, 0.3) is 0 Å². The number of aryl methyl sites for hydroxylation is 1. The maximum absolute atomic E-state index is 13.5. The van der Waals surface area contributed by atoms with Crippen LogP contribution < -0.4 is 5.32 Å². The average molecular weight is 254 g/mol. The summed E-state index contributed by atoms with van der Waals surface area (Å²) in [6.07, 6.45) is 0. The molecule has 0 fully saturated rings. The van der Waals surface area contributed by atoms with Crippen molar-refractivity contribution in [3.63, 3.8) is 0 Å². The number of rotatable bonds is 3. The SMILES string of the molecule is Cc1ccccc1C(C)Nc1cccc(F)c1C#N. The Morgan fingerprint density at radius 1 is 1.16 bits per heavy atom. The highest BCUT2D eigenvalue weighted by molar-refractivity contribution is 5.59. The van der Waals surface area contributed by atoms with Crippen molar-refractivity contribution in [1.82, 2.24) is 0 Å². The maximum Gasteiger partial charge on any atom is 0.143 e. The largest absolute Gasteiger partial charge is 0.377 e. The smallest absolute Gasteiger partial charge is 0.143 e. The fourth-order valence-electron chi connectivity index (χ4n) is 2.14. The molecule has 0 saturated heterocycles. The summed E-state index contributed by atoms with van der Waals surface area (Å²) in [6, 6.07) is 14.5. The minimum absolute atomic E-state index is 0.00935. The van der Waals surface area contributed by atoms with Crippen LogP contribution in [0.4, 0.5) is 10.1 Å². The normalized spacial score (nSPS) is 11.7. The summed E-state index contributed by atoms with van der Waals surface area (Å²) in [4.78, 5) is 0. The highest BCUT2D eigenvalue weighted by Crippen LogP contribution is 2.25. The van der Waals surface area contributed by atoms with Gasteiger partial charge in [-0.25, -0.2) is 4.39 Å². The zero-order valence-electron chi connectivity index (χ0n) is 10.9. The van der Waals surface area contributed by atoms with Gasteiger partial charge in [-0.3, -0.25) is 0 Å². The Balaban J connectivity index is 2.30. The van der Waals surface area contributed by atoms with E-state index in [1.165, 1.54) is 6.07 Å². The van der Waals surface area contributed by atoms with Crippen LogP contribution in [0.3, 0.4) is 0 Å². The van der Waals surface area contributed by atoms with Crippen molar-refractivity contribution in [2.45, 2.75) is 19.9 Å². The molecule has 2 aromatic rings. The molecule has 19 heavy (non-hydrogen) atoms. The molecule has 0 aliphatic carbocycles. The van der Waals surface area contributed by atoms with Gasteiger partial charge in [0, 0.05) is 6.04 Å². The van der Waals surface area contributed by atoms with Crippen LogP contribution in [0.2, 0.25) is 0 Å². The number of hydrogen-bond donors (Lipinski definition) is 1. The summed E-state index contributed by atoms with van der Waals surface area (Å²) in [7, 11) is 0. The van der Waals surface area contributed by atoms with Crippen LogP contribution in [0, 0.1) is 24.1 Å². The summed E-state index contributed by atoms with van der Waals surface area (Å²) < 4.78 is 13.5. The number of nitriles is 1. The third-order valence-electron chi connectivity index (χ3n) is 3.15. The number of nitrogens with one attached hydrogen (secondary N) is 1. The molecule has 1 unspecified atom stereocenters. The third-order valence-corrected chi connectivity index (χ3v) is 3.15. The molecule has 0 radical (unpaired) electrons. The monoisotopic (exact) mass is 254 g/mol. The van der Waals surface area contributed by atoms with E-state index >= 15 is 0 Å². The predicted molar refractivity (Wildman–Crippen MR) is 74.3 cm³/mol. The van der Waals surface area contributed by atoms with Gasteiger partial charge in [0.2, 0.25) is 0 Å². The first-order chi connectivity index (χ1) is 9.13. The lowest BCUT2D eigenvalue weighted by molar-refractivity contribution is 0.624. The summed E-state index contributed by atoms with van der Waals surface area (Å²) >= 11 is 0. The highest BCUT2D eigenvalue weighted by atomic mass is 19.1. The lowest BCUT2D eigenvalue weighted by Gasteiger charge is -2.18. The molecule has 0 aliphatic heterocycles. The number of hydrogen-bond acceptors (Lipinski definition) is 2. The summed E-state index contributed by atoms with van der Waals surface area (Å²) in [5.41, 5.74) is 2.88. The average Bonchev–Trinajstić information content (AvgIpc) is 2.39. The Kier molecular flexibility index (Phi) is 3.82. The molecule has 0 amide bonds. The van der Waals surface area contributed by atoms with E-state index in [2.05, 4.69) is 5.32 Å². The van der Waals surface area contributed by atoms with E-state index in [0.29, 0.717) is 5.69 Å². The van der Waals surface area contributed by atoms with Gasteiger partial charge in [-0.2, -0.15) is 5.26 Å². The molecule has 2 rings (SSSR count). The van der Waals surface area contributed by atoms with Crippen molar-refractivity contribution in [3.05, 3.63) is 65.0 Å². The van der Waals surface area contributed by atoms with Crippen LogP contribution in [0.5, 0.6) is 0 Å². The van der Waals surface area contributed by atoms with Crippen molar-refractivity contribution in [2.24, 2.45) is 0 Å². The summed E-state index contributed by atoms with van der Waals surface area (Å²) in [5.74, 6) is -0.496. The van der Waals surface area contributed by atoms with Gasteiger partial charge < -0.3 is 5.32 Å². The van der Waals surface area contributed by atoms with Crippen molar-refractivity contribution < 1.29 is 4.39 Å². The van der Waals surface area contributed by atoms with E-state index in [0.717, 1.165) is 11.1 Å². The molecular weight excluding hydrogens is 239 g/mol.